The number of nitrogens with two attached hydrogens (primary N) is 1. The van der Waals surface area contributed by atoms with E-state index in [0.29, 0.717) is 42.1 Å². The maximum Gasteiger partial charge on any atom is 0.411 e. The highest BCUT2D eigenvalue weighted by molar-refractivity contribution is 6.78. The summed E-state index contributed by atoms with van der Waals surface area (Å²) < 4.78 is 23.5. The van der Waals surface area contributed by atoms with Crippen molar-refractivity contribution in [2.45, 2.75) is 129 Å². The van der Waals surface area contributed by atoms with Crippen LogP contribution in [0, 0.1) is 11.3 Å². The summed E-state index contributed by atoms with van der Waals surface area (Å²) in [4.78, 5) is 80.1. The fraction of sp³-hybridized carbons (Fsp3) is 0.574. The molecule has 2 aromatic rings. The normalized spacial score (nSPS) is 16.1. The van der Waals surface area contributed by atoms with Crippen molar-refractivity contribution in [3.05, 3.63) is 60.2 Å². The second kappa shape index (κ2) is 23.6. The van der Waals surface area contributed by atoms with Crippen LogP contribution in [0.4, 0.5) is 25.8 Å². The van der Waals surface area contributed by atoms with Gasteiger partial charge in [0.05, 0.1) is 31.0 Å². The summed E-state index contributed by atoms with van der Waals surface area (Å²) in [6, 6.07) is 6.58. The second-order valence-electron chi connectivity index (χ2n) is 18.6. The number of aliphatic hydroxyl groups is 1. The van der Waals surface area contributed by atoms with Gasteiger partial charge in [0.1, 0.15) is 31.0 Å². The zero-order valence-corrected chi connectivity index (χ0v) is 40.9. The number of nitrogens with zero attached hydrogens (tertiary/aromatic N) is 1. The smallest absolute Gasteiger partial charge is 0.411 e. The van der Waals surface area contributed by atoms with E-state index in [1.165, 1.54) is 13.2 Å². The molecule has 4 rings (SSSR count). The second-order valence-corrected chi connectivity index (χ2v) is 24.0. The van der Waals surface area contributed by atoms with Crippen LogP contribution in [0.25, 0.3) is 0 Å². The van der Waals surface area contributed by atoms with Gasteiger partial charge in [-0.05, 0) is 83.8 Å². The SMILES string of the molecule is C=CCOC(=O)N[C@H](C(=O)N[C@@H](CCCNC(N)=O)C(=O)Nc1ccc(COC(=O)Nc2cc(O[Si](C(C)C)(C(C)C)C(C)C)c(OC)cc2C(=O)N2CC3(CC3)C[C@H]2CO)cc1)C(C)C. The number of hydrogen-bond acceptors (Lipinski definition) is 11. The third kappa shape index (κ3) is 13.6. The highest BCUT2D eigenvalue weighted by Gasteiger charge is 2.53. The van der Waals surface area contributed by atoms with Crippen LogP contribution in [-0.4, -0.2) is 106 Å². The van der Waals surface area contributed by atoms with E-state index in [0.717, 1.165) is 12.8 Å². The molecule has 3 atom stereocenters. The number of urea groups is 1. The molecule has 7 amide bonds. The average Bonchev–Trinajstić information content (AvgIpc) is 3.92. The van der Waals surface area contributed by atoms with Crippen molar-refractivity contribution in [2.24, 2.45) is 17.1 Å². The number of anilines is 2. The summed E-state index contributed by atoms with van der Waals surface area (Å²) in [5.74, 6) is -1.11. The molecule has 8 N–H and O–H groups in total. The summed E-state index contributed by atoms with van der Waals surface area (Å²) >= 11 is 0. The molecule has 0 bridgehead atoms. The van der Waals surface area contributed by atoms with Crippen LogP contribution in [0.1, 0.15) is 103 Å². The molecule has 66 heavy (non-hydrogen) atoms. The molecule has 0 unspecified atom stereocenters. The number of alkyl carbamates (subject to hydrolysis) is 1. The third-order valence-corrected chi connectivity index (χ3v) is 18.5. The van der Waals surface area contributed by atoms with Crippen molar-refractivity contribution in [1.29, 1.82) is 0 Å². The Morgan fingerprint density at radius 1 is 0.894 bits per heavy atom. The maximum atomic E-state index is 14.4. The van der Waals surface area contributed by atoms with Crippen LogP contribution >= 0.6 is 0 Å². The van der Waals surface area contributed by atoms with E-state index in [2.05, 4.69) is 74.7 Å². The predicted octanol–water partition coefficient (Wildman–Crippen LogP) is 6.79. The molecule has 2 fully saturated rings. The Balaban J connectivity index is 1.51. The number of benzene rings is 2. The number of ether oxygens (including phenoxy) is 3. The van der Waals surface area contributed by atoms with Gasteiger partial charge in [0.2, 0.25) is 11.8 Å². The van der Waals surface area contributed by atoms with E-state index in [1.54, 1.807) is 55.1 Å². The van der Waals surface area contributed by atoms with E-state index in [-0.39, 0.29) is 83.9 Å². The Hall–Kier alpha value is -5.82. The predicted molar refractivity (Wildman–Crippen MR) is 254 cm³/mol. The molecule has 1 aliphatic heterocycles. The van der Waals surface area contributed by atoms with Crippen molar-refractivity contribution >= 4 is 55.6 Å². The fourth-order valence-electron chi connectivity index (χ4n) is 8.98. The zero-order chi connectivity index (χ0) is 48.9. The number of hydrogen-bond donors (Lipinski definition) is 7. The minimum absolute atomic E-state index is 0.0131. The van der Waals surface area contributed by atoms with Crippen LogP contribution < -0.4 is 41.5 Å². The van der Waals surface area contributed by atoms with Gasteiger partial charge in [-0.2, -0.15) is 0 Å². The lowest BCUT2D eigenvalue weighted by Crippen LogP contribution is -2.54. The van der Waals surface area contributed by atoms with Crippen LogP contribution in [0.3, 0.4) is 0 Å². The van der Waals surface area contributed by atoms with Crippen LogP contribution in [0.5, 0.6) is 11.5 Å². The first-order valence-corrected chi connectivity index (χ1v) is 24.9. The minimum atomic E-state index is -2.53. The number of carbonyl (C=O) groups is 6. The number of carbonyl (C=O) groups excluding carboxylic acids is 6. The van der Waals surface area contributed by atoms with E-state index in [1.807, 2.05) is 0 Å². The molecule has 18 nitrogen and oxygen atoms in total. The molecule has 364 valence electrons. The van der Waals surface area contributed by atoms with Gasteiger partial charge in [-0.25, -0.2) is 14.4 Å². The van der Waals surface area contributed by atoms with Crippen molar-refractivity contribution in [3.63, 3.8) is 0 Å². The molecule has 19 heteroatoms. The topological polar surface area (TPSA) is 249 Å². The van der Waals surface area contributed by atoms with Crippen LogP contribution in [-0.2, 0) is 25.7 Å². The molecule has 0 aromatic heterocycles. The molecule has 1 heterocycles. The maximum absolute atomic E-state index is 14.4. The van der Waals surface area contributed by atoms with Crippen molar-refractivity contribution in [1.82, 2.24) is 20.9 Å². The van der Waals surface area contributed by atoms with Gasteiger partial charge in [-0.3, -0.25) is 19.7 Å². The van der Waals surface area contributed by atoms with Gasteiger partial charge in [0.25, 0.3) is 14.2 Å². The monoisotopic (exact) mass is 937 g/mol. The Bertz CT molecular complexity index is 2020. The molecule has 1 saturated carbocycles. The number of amides is 7. The number of aliphatic hydroxyl groups excluding tert-OH is 1. The molecule has 1 aliphatic carbocycles. The number of methoxy groups -OCH3 is 1. The first kappa shape index (κ1) is 52.8. The fourth-order valence-corrected chi connectivity index (χ4v) is 14.2. The number of nitrogens with one attached hydrogen (secondary N) is 5. The molecule has 2 aliphatic rings. The largest absolute Gasteiger partial charge is 0.540 e. The van der Waals surface area contributed by atoms with Crippen molar-refractivity contribution in [2.75, 3.05) is 44.0 Å². The molecular weight excluding hydrogens is 867 g/mol. The minimum Gasteiger partial charge on any atom is -0.540 e. The number of likely N-dealkylation sites (tertiary alicyclic amines) is 1. The molecule has 0 radical (unpaired) electrons. The van der Waals surface area contributed by atoms with E-state index in [9.17, 15) is 33.9 Å². The summed E-state index contributed by atoms with van der Waals surface area (Å²) in [5.41, 5.74) is 7.18. The molecular formula is C47H71N7O11Si. The zero-order valence-electron chi connectivity index (χ0n) is 39.9. The highest BCUT2D eigenvalue weighted by atomic mass is 28.4. The first-order chi connectivity index (χ1) is 31.2. The van der Waals surface area contributed by atoms with Crippen LogP contribution in [0.2, 0.25) is 16.6 Å². The number of primary amides is 1. The third-order valence-electron chi connectivity index (χ3n) is 12.6. The first-order valence-electron chi connectivity index (χ1n) is 22.7. The standard InChI is InChI=1S/C47H71N7O11Si/c1-11-21-63-46(61)53-40(28(2)3)42(57)51-36(13-12-20-49-44(48)59)41(56)50-33-16-14-32(15-17-33)26-64-45(60)52-37-23-39(65-66(29(4)5,30(6)7)31(8)9)38(62-10)22-35(37)43(58)54-27-47(18-19-47)24-34(54)25-55/h11,14-17,22-23,28-31,34,36,40,55H,1,12-13,18-21,24-27H2,2-10H3,(H,50,56)(H,51,57)(H,52,60)(H,53,61)(H3,48,49,59)/t34-,36-,40-/m0/s1. The van der Waals surface area contributed by atoms with Gasteiger partial charge in [0, 0.05) is 24.8 Å². The lowest BCUT2D eigenvalue weighted by Gasteiger charge is -2.42. The van der Waals surface area contributed by atoms with E-state index >= 15 is 0 Å². The lowest BCUT2D eigenvalue weighted by atomic mass is 10.0. The van der Waals surface area contributed by atoms with Gasteiger partial charge in [-0.1, -0.05) is 80.2 Å². The van der Waals surface area contributed by atoms with E-state index < -0.39 is 50.4 Å². The van der Waals surface area contributed by atoms with Crippen LogP contribution in [0.15, 0.2) is 49.1 Å². The van der Waals surface area contributed by atoms with E-state index in [4.69, 9.17) is 24.4 Å². The lowest BCUT2D eigenvalue weighted by molar-refractivity contribution is -0.128. The summed E-state index contributed by atoms with van der Waals surface area (Å²) in [7, 11) is -1.02. The van der Waals surface area contributed by atoms with Crippen molar-refractivity contribution in [3.8, 4) is 11.5 Å². The molecule has 2 aromatic carbocycles. The van der Waals surface area contributed by atoms with Gasteiger partial charge in [-0.15, -0.1) is 0 Å². The number of rotatable bonds is 23. The summed E-state index contributed by atoms with van der Waals surface area (Å²) in [6.45, 7) is 20.2. The Morgan fingerprint density at radius 3 is 2.09 bits per heavy atom. The average molecular weight is 938 g/mol. The summed E-state index contributed by atoms with van der Waals surface area (Å²) in [5, 5.41) is 23.5. The molecule has 1 spiro atoms. The van der Waals surface area contributed by atoms with Crippen molar-refractivity contribution < 1.29 is 52.5 Å². The Morgan fingerprint density at radius 2 is 1.55 bits per heavy atom. The highest BCUT2D eigenvalue weighted by Crippen LogP contribution is 2.55. The molecule has 1 saturated heterocycles. The van der Waals surface area contributed by atoms with Gasteiger partial charge >= 0.3 is 18.2 Å². The Kier molecular flexibility index (Phi) is 18.9. The quantitative estimate of drug-likeness (QED) is 0.0347. The Labute approximate surface area is 389 Å². The van der Waals surface area contributed by atoms with Gasteiger partial charge < -0.3 is 55.6 Å². The summed E-state index contributed by atoms with van der Waals surface area (Å²) in [6.07, 6.45) is 2.85. The van der Waals surface area contributed by atoms with Gasteiger partial charge in [0.15, 0.2) is 5.75 Å².